The quantitative estimate of drug-likeness (QED) is 0.659. The van der Waals surface area contributed by atoms with Crippen molar-refractivity contribution in [3.8, 4) is 0 Å². The fourth-order valence-electron chi connectivity index (χ4n) is 1.85. The molecule has 4 N–H and O–H groups in total. The van der Waals surface area contributed by atoms with Gasteiger partial charge in [-0.15, -0.1) is 0 Å². The molecule has 0 aromatic heterocycles. The zero-order valence-corrected chi connectivity index (χ0v) is 12.4. The first kappa shape index (κ1) is 14.8. The molecule has 98 valence electrons. The van der Waals surface area contributed by atoms with Crippen LogP contribution in [-0.2, 0) is 0 Å². The summed E-state index contributed by atoms with van der Waals surface area (Å²) >= 11 is 6.15. The first-order valence-corrected chi connectivity index (χ1v) is 5.54. The van der Waals surface area contributed by atoms with E-state index in [-0.39, 0.29) is 28.9 Å². The Morgan fingerprint density at radius 2 is 1.83 bits per heavy atom. The predicted octanol–water partition coefficient (Wildman–Crippen LogP) is -1.47. The lowest BCUT2D eigenvalue weighted by Gasteiger charge is -2.38. The van der Waals surface area contributed by atoms with Crippen LogP contribution >= 0.6 is 11.6 Å². The number of aliphatic imine (C=N–C) groups is 2. The molecule has 18 heavy (non-hydrogen) atoms. The SMILES string of the molecule is CC1(C)N=C(N)N=C(N)N1c1ccccc1Cl.[Br-]. The van der Waals surface area contributed by atoms with Gasteiger partial charge in [-0.25, -0.2) is 4.99 Å². The predicted molar refractivity (Wildman–Crippen MR) is 71.3 cm³/mol. The first-order valence-electron chi connectivity index (χ1n) is 5.16. The number of hydrogen-bond acceptors (Lipinski definition) is 5. The third-order valence-electron chi connectivity index (χ3n) is 2.49. The zero-order valence-electron chi connectivity index (χ0n) is 10.1. The lowest BCUT2D eigenvalue weighted by atomic mass is 10.1. The van der Waals surface area contributed by atoms with Crippen LogP contribution in [0.25, 0.3) is 0 Å². The van der Waals surface area contributed by atoms with E-state index in [9.17, 15) is 0 Å². The van der Waals surface area contributed by atoms with Crippen LogP contribution in [-0.4, -0.2) is 17.6 Å². The van der Waals surface area contributed by atoms with Gasteiger partial charge < -0.3 is 28.4 Å². The number of anilines is 1. The van der Waals surface area contributed by atoms with Crippen LogP contribution in [0, 0.1) is 0 Å². The summed E-state index contributed by atoms with van der Waals surface area (Å²) in [7, 11) is 0. The maximum atomic E-state index is 6.15. The second-order valence-electron chi connectivity index (χ2n) is 4.22. The summed E-state index contributed by atoms with van der Waals surface area (Å²) in [4.78, 5) is 9.98. The van der Waals surface area contributed by atoms with Crippen molar-refractivity contribution >= 4 is 29.2 Å². The Morgan fingerprint density at radius 3 is 2.39 bits per heavy atom. The normalized spacial score (nSPS) is 17.6. The number of hydrogen-bond donors (Lipinski definition) is 2. The van der Waals surface area contributed by atoms with Crippen molar-refractivity contribution in [1.82, 2.24) is 0 Å². The van der Waals surface area contributed by atoms with Crippen LogP contribution in [0.15, 0.2) is 34.3 Å². The smallest absolute Gasteiger partial charge is 0.220 e. The van der Waals surface area contributed by atoms with Crippen LogP contribution < -0.4 is 33.3 Å². The van der Waals surface area contributed by atoms with Gasteiger partial charge in [0, 0.05) is 0 Å². The van der Waals surface area contributed by atoms with E-state index in [4.69, 9.17) is 23.1 Å². The van der Waals surface area contributed by atoms with Gasteiger partial charge in [0.15, 0.2) is 0 Å². The maximum Gasteiger partial charge on any atom is 0.220 e. The molecule has 7 heteroatoms. The van der Waals surface area contributed by atoms with Crippen molar-refractivity contribution in [2.75, 3.05) is 4.90 Å². The molecule has 2 rings (SSSR count). The third kappa shape index (κ3) is 2.59. The molecule has 0 radical (unpaired) electrons. The van der Waals surface area contributed by atoms with Crippen LogP contribution in [0.4, 0.5) is 5.69 Å². The van der Waals surface area contributed by atoms with Gasteiger partial charge in [0.1, 0.15) is 5.66 Å². The van der Waals surface area contributed by atoms with Gasteiger partial charge in [-0.05, 0) is 26.0 Å². The molecule has 1 aromatic rings. The molecule has 1 aliphatic rings. The summed E-state index contributed by atoms with van der Waals surface area (Å²) in [6, 6.07) is 7.39. The van der Waals surface area contributed by atoms with Crippen molar-refractivity contribution in [2.45, 2.75) is 19.5 Å². The molecule has 1 aromatic carbocycles. The fraction of sp³-hybridized carbons (Fsp3) is 0.273. The number of benzene rings is 1. The molecule has 1 aliphatic heterocycles. The Morgan fingerprint density at radius 1 is 1.22 bits per heavy atom. The molecule has 0 unspecified atom stereocenters. The van der Waals surface area contributed by atoms with Crippen LogP contribution in [0.2, 0.25) is 5.02 Å². The monoisotopic (exact) mass is 330 g/mol. The minimum absolute atomic E-state index is 0. The topological polar surface area (TPSA) is 80.0 Å². The van der Waals surface area contributed by atoms with E-state index in [0.29, 0.717) is 5.02 Å². The third-order valence-corrected chi connectivity index (χ3v) is 2.81. The van der Waals surface area contributed by atoms with Crippen LogP contribution in [0.1, 0.15) is 13.8 Å². The average molecular weight is 332 g/mol. The van der Waals surface area contributed by atoms with E-state index in [1.165, 1.54) is 0 Å². The van der Waals surface area contributed by atoms with Crippen molar-refractivity contribution in [3.05, 3.63) is 29.3 Å². The Kier molecular flexibility index (Phi) is 4.24. The second kappa shape index (κ2) is 5.16. The first-order chi connectivity index (χ1) is 7.92. The standard InChI is InChI=1S/C11H14ClN5.BrH/c1-11(2)16-9(13)15-10(14)17(11)8-6-4-3-5-7(8)12;/h3-6H,1-2H3,(H4,13,14,15,16);1H/p-1. The van der Waals surface area contributed by atoms with E-state index in [1.807, 2.05) is 32.0 Å². The molecule has 0 fully saturated rings. The number of nitrogens with zero attached hydrogens (tertiary/aromatic N) is 3. The molecular formula is C11H14BrClN5-. The summed E-state index contributed by atoms with van der Waals surface area (Å²) in [6.07, 6.45) is 0. The van der Waals surface area contributed by atoms with Crippen molar-refractivity contribution in [1.29, 1.82) is 0 Å². The molecule has 0 aliphatic carbocycles. The highest BCUT2D eigenvalue weighted by molar-refractivity contribution is 6.34. The van der Waals surface area contributed by atoms with Crippen molar-refractivity contribution in [3.63, 3.8) is 0 Å². The van der Waals surface area contributed by atoms with Gasteiger partial charge in [-0.2, -0.15) is 4.99 Å². The summed E-state index contributed by atoms with van der Waals surface area (Å²) in [5, 5.41) is 0.592. The number of rotatable bonds is 1. The van der Waals surface area contributed by atoms with E-state index in [2.05, 4.69) is 9.98 Å². The summed E-state index contributed by atoms with van der Waals surface area (Å²) < 4.78 is 0. The van der Waals surface area contributed by atoms with Crippen molar-refractivity contribution in [2.24, 2.45) is 21.5 Å². The largest absolute Gasteiger partial charge is 1.00 e. The van der Waals surface area contributed by atoms with E-state index in [1.54, 1.807) is 11.0 Å². The van der Waals surface area contributed by atoms with Gasteiger partial charge in [-0.1, -0.05) is 23.7 Å². The van der Waals surface area contributed by atoms with E-state index < -0.39 is 5.66 Å². The Balaban J connectivity index is 0.00000162. The summed E-state index contributed by atoms with van der Waals surface area (Å²) in [5.74, 6) is 0.464. The number of halogens is 2. The van der Waals surface area contributed by atoms with Gasteiger partial charge >= 0.3 is 0 Å². The van der Waals surface area contributed by atoms with Gasteiger partial charge in [0.05, 0.1) is 10.7 Å². The molecule has 0 atom stereocenters. The Labute approximate surface area is 121 Å². The van der Waals surface area contributed by atoms with Gasteiger partial charge in [0.2, 0.25) is 11.9 Å². The highest BCUT2D eigenvalue weighted by atomic mass is 79.9. The second-order valence-corrected chi connectivity index (χ2v) is 4.63. The van der Waals surface area contributed by atoms with Gasteiger partial charge in [0.25, 0.3) is 0 Å². The Bertz CT molecular complexity index is 512. The minimum atomic E-state index is -0.610. The summed E-state index contributed by atoms with van der Waals surface area (Å²) in [6.45, 7) is 3.79. The van der Waals surface area contributed by atoms with E-state index >= 15 is 0 Å². The molecule has 0 saturated heterocycles. The number of para-hydroxylation sites is 1. The van der Waals surface area contributed by atoms with Gasteiger partial charge in [-0.3, -0.25) is 4.90 Å². The number of guanidine groups is 2. The molecular weight excluding hydrogens is 318 g/mol. The molecule has 0 amide bonds. The molecule has 5 nitrogen and oxygen atoms in total. The average Bonchev–Trinajstić information content (AvgIpc) is 2.18. The lowest BCUT2D eigenvalue weighted by Crippen LogP contribution is -3.00. The summed E-state index contributed by atoms with van der Waals surface area (Å²) in [5.41, 5.74) is 11.7. The van der Waals surface area contributed by atoms with Crippen LogP contribution in [0.5, 0.6) is 0 Å². The lowest BCUT2D eigenvalue weighted by molar-refractivity contribution is -0.00000434. The molecule has 0 spiro atoms. The molecule has 1 heterocycles. The maximum absolute atomic E-state index is 6.15. The van der Waals surface area contributed by atoms with E-state index in [0.717, 1.165) is 5.69 Å². The Hall–Kier alpha value is -1.27. The molecule has 0 saturated carbocycles. The van der Waals surface area contributed by atoms with Crippen molar-refractivity contribution < 1.29 is 17.0 Å². The molecule has 0 bridgehead atoms. The van der Waals surface area contributed by atoms with Crippen LogP contribution in [0.3, 0.4) is 0 Å². The fourth-order valence-corrected chi connectivity index (χ4v) is 2.07. The zero-order chi connectivity index (χ0) is 12.6. The minimum Gasteiger partial charge on any atom is -1.00 e. The number of nitrogens with two attached hydrogens (primary N) is 2. The highest BCUT2D eigenvalue weighted by Gasteiger charge is 2.33. The highest BCUT2D eigenvalue weighted by Crippen LogP contribution is 2.32.